The van der Waals surface area contributed by atoms with Crippen molar-refractivity contribution in [3.8, 4) is 6.07 Å². The third-order valence-corrected chi connectivity index (χ3v) is 4.90. The van der Waals surface area contributed by atoms with Gasteiger partial charge in [0.1, 0.15) is 16.5 Å². The second kappa shape index (κ2) is 6.13. The van der Waals surface area contributed by atoms with Crippen LogP contribution in [-0.2, 0) is 12.5 Å². The average molecular weight is 390 g/mol. The molecule has 3 aromatic heterocycles. The number of nitriles is 1. The zero-order valence-electron chi connectivity index (χ0n) is 14.2. The summed E-state index contributed by atoms with van der Waals surface area (Å²) in [6.45, 7) is 0.736. The van der Waals surface area contributed by atoms with Crippen molar-refractivity contribution in [2.24, 2.45) is 5.92 Å². The summed E-state index contributed by atoms with van der Waals surface area (Å²) in [5.74, 6) is -3.17. The first-order chi connectivity index (χ1) is 12.8. The standard InChI is InChI=1S/C18H14ClF2N5O/c1-18(20,21)14-7-15(19)25(24-14)9-11-6-17(27)26-13(12-5-10(12)8-22)3-2-4-16(26)23-11/h2-4,6-7,10,12H,5,9H2,1H3/t10-,12+/m0/s1. The quantitative estimate of drug-likeness (QED) is 0.685. The molecule has 1 aliphatic rings. The molecule has 6 nitrogen and oxygen atoms in total. The van der Waals surface area contributed by atoms with E-state index in [-0.39, 0.29) is 29.1 Å². The van der Waals surface area contributed by atoms with E-state index >= 15 is 0 Å². The van der Waals surface area contributed by atoms with Crippen molar-refractivity contribution in [1.29, 1.82) is 5.26 Å². The molecule has 27 heavy (non-hydrogen) atoms. The number of fused-ring (bicyclic) bond motifs is 1. The minimum atomic E-state index is -3.11. The minimum Gasteiger partial charge on any atom is -0.269 e. The second-order valence-electron chi connectivity index (χ2n) is 6.71. The molecule has 4 rings (SSSR count). The van der Waals surface area contributed by atoms with Crippen molar-refractivity contribution in [1.82, 2.24) is 19.2 Å². The van der Waals surface area contributed by atoms with Crippen LogP contribution >= 0.6 is 11.6 Å². The summed E-state index contributed by atoms with van der Waals surface area (Å²) in [6.07, 6.45) is 0.723. The summed E-state index contributed by atoms with van der Waals surface area (Å²) in [5, 5.41) is 12.9. The molecule has 3 aromatic rings. The number of aromatic nitrogens is 4. The Labute approximate surface area is 157 Å². The highest BCUT2D eigenvalue weighted by Gasteiger charge is 2.40. The lowest BCUT2D eigenvalue weighted by atomic mass is 10.2. The van der Waals surface area contributed by atoms with Gasteiger partial charge in [0.05, 0.1) is 24.2 Å². The van der Waals surface area contributed by atoms with E-state index in [1.165, 1.54) is 15.1 Å². The highest BCUT2D eigenvalue weighted by Crippen LogP contribution is 2.46. The third kappa shape index (κ3) is 3.19. The van der Waals surface area contributed by atoms with Crippen LogP contribution in [0.3, 0.4) is 0 Å². The fourth-order valence-corrected chi connectivity index (χ4v) is 3.34. The monoisotopic (exact) mass is 389 g/mol. The number of pyridine rings is 1. The molecule has 2 atom stereocenters. The Morgan fingerprint density at radius 1 is 1.41 bits per heavy atom. The molecule has 1 aliphatic carbocycles. The molecule has 0 unspecified atom stereocenters. The molecule has 138 valence electrons. The number of hydrogen-bond donors (Lipinski definition) is 0. The lowest BCUT2D eigenvalue weighted by Gasteiger charge is -2.09. The lowest BCUT2D eigenvalue weighted by Crippen LogP contribution is -2.20. The Bertz CT molecular complexity index is 1140. The number of alkyl halides is 2. The summed E-state index contributed by atoms with van der Waals surface area (Å²) in [7, 11) is 0. The van der Waals surface area contributed by atoms with E-state index in [1.54, 1.807) is 12.1 Å². The first kappa shape index (κ1) is 17.6. The van der Waals surface area contributed by atoms with Gasteiger partial charge in [-0.05, 0) is 18.6 Å². The van der Waals surface area contributed by atoms with Crippen LogP contribution in [0.1, 0.15) is 36.3 Å². The van der Waals surface area contributed by atoms with Crippen LogP contribution in [0.2, 0.25) is 5.15 Å². The maximum atomic E-state index is 13.4. The van der Waals surface area contributed by atoms with Gasteiger partial charge in [0, 0.05) is 30.7 Å². The average Bonchev–Trinajstić information content (AvgIpc) is 3.30. The van der Waals surface area contributed by atoms with Crippen LogP contribution in [0.25, 0.3) is 5.65 Å². The predicted octanol–water partition coefficient (Wildman–Crippen LogP) is 3.33. The molecule has 0 radical (unpaired) electrons. The van der Waals surface area contributed by atoms with Gasteiger partial charge in [0.2, 0.25) is 0 Å². The highest BCUT2D eigenvalue weighted by molar-refractivity contribution is 6.29. The van der Waals surface area contributed by atoms with Gasteiger partial charge in [0.15, 0.2) is 0 Å². The molecule has 1 saturated carbocycles. The van der Waals surface area contributed by atoms with E-state index in [9.17, 15) is 13.6 Å². The van der Waals surface area contributed by atoms with Gasteiger partial charge in [-0.1, -0.05) is 17.7 Å². The normalized spacial score (nSPS) is 19.2. The highest BCUT2D eigenvalue weighted by atomic mass is 35.5. The van der Waals surface area contributed by atoms with Crippen molar-refractivity contribution in [3.05, 3.63) is 62.9 Å². The summed E-state index contributed by atoms with van der Waals surface area (Å²) in [5.41, 5.74) is 0.818. The zero-order valence-corrected chi connectivity index (χ0v) is 15.0. The maximum absolute atomic E-state index is 13.4. The number of rotatable bonds is 4. The molecule has 3 heterocycles. The Kier molecular flexibility index (Phi) is 4.00. The topological polar surface area (TPSA) is 76.0 Å². The predicted molar refractivity (Wildman–Crippen MR) is 93.8 cm³/mol. The molecule has 0 N–H and O–H groups in total. The Morgan fingerprint density at radius 3 is 2.81 bits per heavy atom. The van der Waals surface area contributed by atoms with Crippen LogP contribution in [0, 0.1) is 17.2 Å². The van der Waals surface area contributed by atoms with Crippen molar-refractivity contribution in [2.75, 3.05) is 0 Å². The van der Waals surface area contributed by atoms with E-state index in [1.807, 2.05) is 6.07 Å². The minimum absolute atomic E-state index is 0.00483. The van der Waals surface area contributed by atoms with Gasteiger partial charge in [-0.25, -0.2) is 9.67 Å². The molecule has 0 aliphatic heterocycles. The molecule has 0 saturated heterocycles. The van der Waals surface area contributed by atoms with E-state index in [4.69, 9.17) is 16.9 Å². The van der Waals surface area contributed by atoms with Crippen molar-refractivity contribution >= 4 is 17.2 Å². The number of hydrogen-bond acceptors (Lipinski definition) is 4. The Hall–Kier alpha value is -2.79. The number of halogens is 3. The largest absolute Gasteiger partial charge is 0.288 e. The van der Waals surface area contributed by atoms with Crippen LogP contribution in [-0.4, -0.2) is 19.2 Å². The molecule has 0 amide bonds. The van der Waals surface area contributed by atoms with Gasteiger partial charge in [-0.3, -0.25) is 9.20 Å². The van der Waals surface area contributed by atoms with E-state index in [0.29, 0.717) is 11.3 Å². The fourth-order valence-electron chi connectivity index (χ4n) is 3.14. The lowest BCUT2D eigenvalue weighted by molar-refractivity contribution is 0.0121. The van der Waals surface area contributed by atoms with Gasteiger partial charge < -0.3 is 0 Å². The smallest absolute Gasteiger partial charge is 0.269 e. The molecule has 9 heteroatoms. The van der Waals surface area contributed by atoms with Gasteiger partial charge in [-0.15, -0.1) is 0 Å². The summed E-state index contributed by atoms with van der Waals surface area (Å²) in [6, 6.07) is 9.94. The summed E-state index contributed by atoms with van der Waals surface area (Å²) < 4.78 is 29.5. The van der Waals surface area contributed by atoms with Crippen LogP contribution in [0.15, 0.2) is 35.1 Å². The second-order valence-corrected chi connectivity index (χ2v) is 7.09. The third-order valence-electron chi connectivity index (χ3n) is 4.60. The van der Waals surface area contributed by atoms with Crippen molar-refractivity contribution < 1.29 is 8.78 Å². The molecular formula is C18H14ClF2N5O. The van der Waals surface area contributed by atoms with Gasteiger partial charge in [-0.2, -0.15) is 19.1 Å². The first-order valence-corrected chi connectivity index (χ1v) is 8.68. The Balaban J connectivity index is 1.72. The van der Waals surface area contributed by atoms with Crippen molar-refractivity contribution in [2.45, 2.75) is 31.7 Å². The van der Waals surface area contributed by atoms with Crippen molar-refractivity contribution in [3.63, 3.8) is 0 Å². The molecule has 1 fully saturated rings. The van der Waals surface area contributed by atoms with Crippen LogP contribution < -0.4 is 5.56 Å². The van der Waals surface area contributed by atoms with Gasteiger partial charge >= 0.3 is 0 Å². The molecular weight excluding hydrogens is 376 g/mol. The molecule has 0 spiro atoms. The summed E-state index contributed by atoms with van der Waals surface area (Å²) in [4.78, 5) is 17.1. The first-order valence-electron chi connectivity index (χ1n) is 8.31. The van der Waals surface area contributed by atoms with E-state index in [2.05, 4.69) is 16.2 Å². The zero-order chi connectivity index (χ0) is 19.3. The SMILES string of the molecule is CC(F)(F)c1cc(Cl)n(Cc2cc(=O)n3c([C@@H]4C[C@H]4C#N)cccc3n2)n1. The molecule has 0 aromatic carbocycles. The van der Waals surface area contributed by atoms with Gasteiger partial charge in [0.25, 0.3) is 11.5 Å². The summed E-state index contributed by atoms with van der Waals surface area (Å²) >= 11 is 5.99. The number of nitrogens with zero attached hydrogens (tertiary/aromatic N) is 5. The molecule has 0 bridgehead atoms. The van der Waals surface area contributed by atoms with Crippen LogP contribution in [0.5, 0.6) is 0 Å². The maximum Gasteiger partial charge on any atom is 0.288 e. The van der Waals surface area contributed by atoms with E-state index < -0.39 is 11.6 Å². The Morgan fingerprint density at radius 2 is 2.19 bits per heavy atom. The van der Waals surface area contributed by atoms with E-state index in [0.717, 1.165) is 25.1 Å². The fraction of sp³-hybridized carbons (Fsp3) is 0.333. The van der Waals surface area contributed by atoms with Crippen LogP contribution in [0.4, 0.5) is 8.78 Å².